The Labute approximate surface area is 325 Å². The Morgan fingerprint density at radius 1 is 0.321 bits per heavy atom. The molecule has 0 bridgehead atoms. The lowest BCUT2D eigenvalue weighted by atomic mass is 9.89. The van der Waals surface area contributed by atoms with E-state index in [1.807, 2.05) is 54.6 Å². The van der Waals surface area contributed by atoms with Gasteiger partial charge in [-0.3, -0.25) is 0 Å². The van der Waals surface area contributed by atoms with Crippen LogP contribution in [0.4, 0.5) is 5.69 Å². The van der Waals surface area contributed by atoms with Crippen molar-refractivity contribution in [1.82, 2.24) is 9.97 Å². The van der Waals surface area contributed by atoms with E-state index in [0.29, 0.717) is 11.5 Å². The molecule has 0 saturated carbocycles. The van der Waals surface area contributed by atoms with E-state index in [1.54, 1.807) is 0 Å². The van der Waals surface area contributed by atoms with Crippen molar-refractivity contribution in [2.75, 3.05) is 0 Å². The fraction of sp³-hybridized carbons (Fsp3) is 0. The number of aromatic nitrogens is 2. The second-order valence-electron chi connectivity index (χ2n) is 14.1. The Kier molecular flexibility index (Phi) is 8.21. The van der Waals surface area contributed by atoms with Crippen LogP contribution in [0.1, 0.15) is 0 Å². The third-order valence-electron chi connectivity index (χ3n) is 10.7. The smallest absolute Gasteiger partial charge is 0.187 e. The highest BCUT2D eigenvalue weighted by Crippen LogP contribution is 2.40. The maximum absolute atomic E-state index is 7.31. The molecule has 0 aliphatic rings. The van der Waals surface area contributed by atoms with E-state index >= 15 is 0 Å². The van der Waals surface area contributed by atoms with Gasteiger partial charge < -0.3 is 0 Å². The summed E-state index contributed by atoms with van der Waals surface area (Å²) in [5, 5.41) is 7.57. The van der Waals surface area contributed by atoms with Gasteiger partial charge >= 0.3 is 0 Å². The average molecular weight is 712 g/mol. The third-order valence-corrected chi connectivity index (χ3v) is 10.7. The van der Waals surface area contributed by atoms with Crippen LogP contribution in [0.15, 0.2) is 200 Å². The molecular weight excluding hydrogens is 679 g/mol. The van der Waals surface area contributed by atoms with Gasteiger partial charge in [-0.05, 0) is 83.9 Å². The minimum atomic E-state index is 0.629. The van der Waals surface area contributed by atoms with Crippen molar-refractivity contribution < 1.29 is 0 Å². The molecule has 56 heavy (non-hydrogen) atoms. The molecule has 10 rings (SSSR count). The largest absolute Gasteiger partial charge is 0.238 e. The molecule has 1 aromatic heterocycles. The molecule has 0 unspecified atom stereocenters. The van der Waals surface area contributed by atoms with Gasteiger partial charge in [0, 0.05) is 16.7 Å². The Morgan fingerprint density at radius 3 is 1.61 bits per heavy atom. The van der Waals surface area contributed by atoms with Gasteiger partial charge in [-0.1, -0.05) is 182 Å². The first-order valence-electron chi connectivity index (χ1n) is 18.8. The molecule has 0 fully saturated rings. The zero-order valence-electron chi connectivity index (χ0n) is 30.4. The lowest BCUT2D eigenvalue weighted by Crippen LogP contribution is -1.96. The molecule has 10 aromatic rings. The summed E-state index contributed by atoms with van der Waals surface area (Å²) in [6.45, 7) is 7.31. The van der Waals surface area contributed by atoms with Crippen molar-refractivity contribution in [2.24, 2.45) is 0 Å². The van der Waals surface area contributed by atoms with E-state index in [2.05, 4.69) is 150 Å². The number of fused-ring (bicyclic) bond motifs is 4. The predicted octanol–water partition coefficient (Wildman–Crippen LogP) is 14.5. The van der Waals surface area contributed by atoms with E-state index in [-0.39, 0.29) is 0 Å². The van der Waals surface area contributed by atoms with Gasteiger partial charge in [-0.15, -0.1) is 0 Å². The number of benzene rings is 9. The maximum Gasteiger partial charge on any atom is 0.187 e. The standard InChI is InChI=1S/C53H33N3/c1-54-45-29-26-37(27-30-45)42-14-9-15-44(32-42)51-34-50(55-53(56-51)41-11-3-2-4-12-41)39-22-18-35(19-23-39)36-20-24-40(25-21-36)52-47-17-8-6-13-43(47)33-49-46-16-7-5-10-38(46)28-31-48(49)52/h2-34H. The van der Waals surface area contributed by atoms with E-state index in [0.717, 1.165) is 50.3 Å². The molecule has 0 saturated heterocycles. The topological polar surface area (TPSA) is 30.1 Å². The summed E-state index contributed by atoms with van der Waals surface area (Å²) in [6, 6.07) is 70.2. The van der Waals surface area contributed by atoms with Crippen molar-refractivity contribution in [3.05, 3.63) is 212 Å². The predicted molar refractivity (Wildman–Crippen MR) is 233 cm³/mol. The SMILES string of the molecule is [C-]#[N+]c1ccc(-c2cccc(-c3cc(-c4ccc(-c5ccc(-c6c7ccccc7cc7c6ccc6ccccc67)cc5)cc4)nc(-c4ccccc4)n3)c2)cc1. The maximum atomic E-state index is 7.31. The van der Waals surface area contributed by atoms with Gasteiger partial charge in [0.25, 0.3) is 0 Å². The first-order chi connectivity index (χ1) is 27.7. The molecule has 0 N–H and O–H groups in total. The molecule has 260 valence electrons. The van der Waals surface area contributed by atoms with Crippen LogP contribution in [0.5, 0.6) is 0 Å². The molecule has 0 radical (unpaired) electrons. The van der Waals surface area contributed by atoms with E-state index in [9.17, 15) is 0 Å². The summed E-state index contributed by atoms with van der Waals surface area (Å²) in [4.78, 5) is 13.7. The Hall–Kier alpha value is -7.67. The number of hydrogen-bond acceptors (Lipinski definition) is 2. The Morgan fingerprint density at radius 2 is 0.875 bits per heavy atom. The Bertz CT molecular complexity index is 3100. The van der Waals surface area contributed by atoms with E-state index in [4.69, 9.17) is 16.5 Å². The van der Waals surface area contributed by atoms with Crippen LogP contribution in [-0.4, -0.2) is 9.97 Å². The minimum Gasteiger partial charge on any atom is -0.238 e. The van der Waals surface area contributed by atoms with Crippen molar-refractivity contribution in [3.8, 4) is 67.3 Å². The van der Waals surface area contributed by atoms with Crippen molar-refractivity contribution in [3.63, 3.8) is 0 Å². The molecule has 0 spiro atoms. The summed E-state index contributed by atoms with van der Waals surface area (Å²) < 4.78 is 0. The molecule has 1 heterocycles. The monoisotopic (exact) mass is 711 g/mol. The Balaban J connectivity index is 1.01. The van der Waals surface area contributed by atoms with Crippen LogP contribution in [0.3, 0.4) is 0 Å². The van der Waals surface area contributed by atoms with Crippen LogP contribution in [0.25, 0.3) is 104 Å². The van der Waals surface area contributed by atoms with Gasteiger partial charge in [0.05, 0.1) is 18.0 Å². The summed E-state index contributed by atoms with van der Waals surface area (Å²) >= 11 is 0. The van der Waals surface area contributed by atoms with Gasteiger partial charge in [-0.2, -0.15) is 0 Å². The third kappa shape index (κ3) is 6.06. The molecule has 0 aliphatic carbocycles. The van der Waals surface area contributed by atoms with Gasteiger partial charge in [0.1, 0.15) is 0 Å². The fourth-order valence-electron chi connectivity index (χ4n) is 7.84. The normalized spacial score (nSPS) is 11.2. The quantitative estimate of drug-likeness (QED) is 0.0976. The van der Waals surface area contributed by atoms with E-state index in [1.165, 1.54) is 43.4 Å². The average Bonchev–Trinajstić information content (AvgIpc) is 3.28. The van der Waals surface area contributed by atoms with Crippen LogP contribution in [-0.2, 0) is 0 Å². The van der Waals surface area contributed by atoms with E-state index < -0.39 is 0 Å². The number of rotatable bonds is 6. The first kappa shape index (κ1) is 32.9. The van der Waals surface area contributed by atoms with Gasteiger partial charge in [0.2, 0.25) is 0 Å². The lowest BCUT2D eigenvalue weighted by Gasteiger charge is -2.14. The summed E-state index contributed by atoms with van der Waals surface area (Å²) in [6.07, 6.45) is 0. The van der Waals surface area contributed by atoms with Crippen LogP contribution in [0, 0.1) is 6.57 Å². The second-order valence-corrected chi connectivity index (χ2v) is 14.1. The molecule has 0 aliphatic heterocycles. The lowest BCUT2D eigenvalue weighted by molar-refractivity contribution is 1.18. The molecule has 9 aromatic carbocycles. The van der Waals surface area contributed by atoms with Crippen molar-refractivity contribution >= 4 is 38.0 Å². The summed E-state index contributed by atoms with van der Waals surface area (Å²) in [5.41, 5.74) is 12.2. The van der Waals surface area contributed by atoms with Gasteiger partial charge in [-0.25, -0.2) is 14.8 Å². The molecule has 0 atom stereocenters. The minimum absolute atomic E-state index is 0.629. The van der Waals surface area contributed by atoms with Crippen LogP contribution in [0.2, 0.25) is 0 Å². The number of nitrogens with zero attached hydrogens (tertiary/aromatic N) is 3. The second kappa shape index (κ2) is 14.0. The zero-order chi connectivity index (χ0) is 37.4. The van der Waals surface area contributed by atoms with Crippen LogP contribution >= 0.6 is 0 Å². The zero-order valence-corrected chi connectivity index (χ0v) is 30.4. The molecule has 3 heteroatoms. The first-order valence-corrected chi connectivity index (χ1v) is 18.8. The van der Waals surface area contributed by atoms with Gasteiger partial charge in [0.15, 0.2) is 11.5 Å². The highest BCUT2D eigenvalue weighted by molar-refractivity contribution is 6.20. The molecular formula is C53H33N3. The number of hydrogen-bond donors (Lipinski definition) is 0. The summed E-state index contributed by atoms with van der Waals surface area (Å²) in [7, 11) is 0. The summed E-state index contributed by atoms with van der Waals surface area (Å²) in [5.74, 6) is 0.679. The van der Waals surface area contributed by atoms with Crippen molar-refractivity contribution in [1.29, 1.82) is 0 Å². The fourth-order valence-corrected chi connectivity index (χ4v) is 7.84. The van der Waals surface area contributed by atoms with Crippen molar-refractivity contribution in [2.45, 2.75) is 0 Å². The highest BCUT2D eigenvalue weighted by atomic mass is 14.9. The van der Waals surface area contributed by atoms with Crippen LogP contribution < -0.4 is 0 Å². The molecule has 3 nitrogen and oxygen atoms in total. The molecule has 0 amide bonds. The highest BCUT2D eigenvalue weighted by Gasteiger charge is 2.14.